The molecule has 0 radical (unpaired) electrons. The van der Waals surface area contributed by atoms with E-state index < -0.39 is 0 Å². The van der Waals surface area contributed by atoms with Crippen LogP contribution in [0.2, 0.25) is 0 Å². The van der Waals surface area contributed by atoms with E-state index in [9.17, 15) is 4.79 Å². The monoisotopic (exact) mass is 321 g/mol. The van der Waals surface area contributed by atoms with Crippen LogP contribution in [0.4, 0.5) is 0 Å². The van der Waals surface area contributed by atoms with Crippen molar-refractivity contribution in [3.8, 4) is 11.4 Å². The van der Waals surface area contributed by atoms with Gasteiger partial charge in [-0.3, -0.25) is 4.79 Å². The molecule has 1 amide bonds. The summed E-state index contributed by atoms with van der Waals surface area (Å²) in [5, 5.41) is 6.88. The highest BCUT2D eigenvalue weighted by atomic mass is 16.5. The van der Waals surface area contributed by atoms with E-state index in [0.717, 1.165) is 16.7 Å². The van der Waals surface area contributed by atoms with E-state index in [1.54, 1.807) is 6.07 Å². The third kappa shape index (κ3) is 3.68. The summed E-state index contributed by atoms with van der Waals surface area (Å²) in [6.07, 6.45) is 0.496. The summed E-state index contributed by atoms with van der Waals surface area (Å²) in [6, 6.07) is 15.4. The highest BCUT2D eigenvalue weighted by Gasteiger charge is 2.11. The van der Waals surface area contributed by atoms with Crippen molar-refractivity contribution >= 4 is 5.91 Å². The first kappa shape index (κ1) is 15.9. The molecule has 5 heteroatoms. The van der Waals surface area contributed by atoms with Gasteiger partial charge in [0.1, 0.15) is 0 Å². The molecule has 5 nitrogen and oxygen atoms in total. The van der Waals surface area contributed by atoms with E-state index in [1.807, 2.05) is 56.3 Å². The summed E-state index contributed by atoms with van der Waals surface area (Å²) in [7, 11) is 0. The minimum Gasteiger partial charge on any atom is -0.352 e. The molecule has 1 aromatic heterocycles. The molecule has 0 spiro atoms. The van der Waals surface area contributed by atoms with E-state index >= 15 is 0 Å². The number of carbonyl (C=O) groups is 1. The number of amides is 1. The van der Waals surface area contributed by atoms with Crippen LogP contribution in [0.3, 0.4) is 0 Å². The van der Waals surface area contributed by atoms with E-state index in [1.165, 1.54) is 0 Å². The lowest BCUT2D eigenvalue weighted by atomic mass is 10.1. The number of benzene rings is 2. The fourth-order valence-electron chi connectivity index (χ4n) is 2.46. The molecule has 0 bridgehead atoms. The maximum absolute atomic E-state index is 12.1. The number of nitrogens with zero attached hydrogens (tertiary/aromatic N) is 2. The Morgan fingerprint density at radius 1 is 1.12 bits per heavy atom. The first-order chi connectivity index (χ1) is 11.6. The lowest BCUT2D eigenvalue weighted by Gasteiger charge is -2.04. The minimum atomic E-state index is -0.0997. The van der Waals surface area contributed by atoms with Gasteiger partial charge in [0.15, 0.2) is 0 Å². The normalized spacial score (nSPS) is 10.6. The first-order valence-electron chi connectivity index (χ1n) is 7.87. The van der Waals surface area contributed by atoms with E-state index in [4.69, 9.17) is 4.52 Å². The molecule has 0 aliphatic rings. The van der Waals surface area contributed by atoms with Gasteiger partial charge in [-0.05, 0) is 31.5 Å². The van der Waals surface area contributed by atoms with Crippen molar-refractivity contribution in [1.29, 1.82) is 0 Å². The molecule has 0 unspecified atom stereocenters. The maximum Gasteiger partial charge on any atom is 0.251 e. The van der Waals surface area contributed by atoms with Gasteiger partial charge in [0.05, 0.1) is 0 Å². The molecule has 0 saturated heterocycles. The summed E-state index contributed by atoms with van der Waals surface area (Å²) >= 11 is 0. The zero-order chi connectivity index (χ0) is 16.9. The highest BCUT2D eigenvalue weighted by Crippen LogP contribution is 2.19. The van der Waals surface area contributed by atoms with Gasteiger partial charge in [0.2, 0.25) is 11.7 Å². The van der Waals surface area contributed by atoms with Crippen LogP contribution in [0.25, 0.3) is 11.4 Å². The van der Waals surface area contributed by atoms with Crippen molar-refractivity contribution < 1.29 is 9.32 Å². The summed E-state index contributed by atoms with van der Waals surface area (Å²) in [5.74, 6) is 0.989. The standard InChI is InChI=1S/C19H19N3O2/c1-13-6-5-8-15(12-13)19(23)20-11-10-17-21-18(22-24-17)16-9-4-3-7-14(16)2/h3-9,12H,10-11H2,1-2H3,(H,20,23). The van der Waals surface area contributed by atoms with Crippen molar-refractivity contribution in [2.45, 2.75) is 20.3 Å². The van der Waals surface area contributed by atoms with E-state index in [0.29, 0.717) is 30.2 Å². The van der Waals surface area contributed by atoms with E-state index in [2.05, 4.69) is 15.5 Å². The Bertz CT molecular complexity index is 855. The molecule has 1 N–H and O–H groups in total. The molecule has 2 aromatic carbocycles. The Hall–Kier alpha value is -2.95. The minimum absolute atomic E-state index is 0.0997. The molecule has 122 valence electrons. The molecule has 0 aliphatic carbocycles. The SMILES string of the molecule is Cc1cccc(C(=O)NCCc2nc(-c3ccccc3C)no2)c1. The fraction of sp³-hybridized carbons (Fsp3) is 0.211. The van der Waals surface area contributed by atoms with Gasteiger partial charge in [0, 0.05) is 24.1 Å². The zero-order valence-corrected chi connectivity index (χ0v) is 13.7. The van der Waals surface area contributed by atoms with Crippen LogP contribution in [-0.4, -0.2) is 22.6 Å². The highest BCUT2D eigenvalue weighted by molar-refractivity contribution is 5.94. The summed E-state index contributed by atoms with van der Waals surface area (Å²) in [6.45, 7) is 4.41. The number of aromatic nitrogens is 2. The lowest BCUT2D eigenvalue weighted by molar-refractivity contribution is 0.0953. The van der Waals surface area contributed by atoms with Crippen LogP contribution in [0, 0.1) is 13.8 Å². The third-order valence-electron chi connectivity index (χ3n) is 3.76. The smallest absolute Gasteiger partial charge is 0.251 e. The Labute approximate surface area is 140 Å². The number of hydrogen-bond acceptors (Lipinski definition) is 4. The van der Waals surface area contributed by atoms with Gasteiger partial charge < -0.3 is 9.84 Å². The molecule has 24 heavy (non-hydrogen) atoms. The maximum atomic E-state index is 12.1. The van der Waals surface area contributed by atoms with Gasteiger partial charge >= 0.3 is 0 Å². The van der Waals surface area contributed by atoms with Crippen molar-refractivity contribution in [2.75, 3.05) is 6.54 Å². The summed E-state index contributed by atoms with van der Waals surface area (Å²) in [5.41, 5.74) is 3.76. The van der Waals surface area contributed by atoms with Gasteiger partial charge in [-0.1, -0.05) is 47.1 Å². The van der Waals surface area contributed by atoms with Crippen LogP contribution in [0.5, 0.6) is 0 Å². The average Bonchev–Trinajstić information content (AvgIpc) is 3.04. The average molecular weight is 321 g/mol. The number of nitrogens with one attached hydrogen (secondary N) is 1. The van der Waals surface area contributed by atoms with Gasteiger partial charge in [-0.2, -0.15) is 4.98 Å². The van der Waals surface area contributed by atoms with Crippen molar-refractivity contribution in [1.82, 2.24) is 15.5 Å². The van der Waals surface area contributed by atoms with Gasteiger partial charge in [-0.25, -0.2) is 0 Å². The van der Waals surface area contributed by atoms with Crippen LogP contribution < -0.4 is 5.32 Å². The molecule has 0 atom stereocenters. The topological polar surface area (TPSA) is 68.0 Å². The Kier molecular flexibility index (Phi) is 4.70. The molecule has 0 saturated carbocycles. The van der Waals surface area contributed by atoms with Gasteiger partial charge in [0.25, 0.3) is 5.91 Å². The molecular formula is C19H19N3O2. The predicted octanol–water partition coefficient (Wildman–Crippen LogP) is 3.33. The molecule has 0 aliphatic heterocycles. The number of rotatable bonds is 5. The fourth-order valence-corrected chi connectivity index (χ4v) is 2.46. The zero-order valence-electron chi connectivity index (χ0n) is 13.7. The number of aryl methyl sites for hydroxylation is 2. The largest absolute Gasteiger partial charge is 0.352 e. The second kappa shape index (κ2) is 7.08. The molecular weight excluding hydrogens is 302 g/mol. The predicted molar refractivity (Wildman–Crippen MR) is 91.7 cm³/mol. The molecule has 3 aromatic rings. The molecule has 1 heterocycles. The first-order valence-corrected chi connectivity index (χ1v) is 7.87. The Morgan fingerprint density at radius 3 is 2.75 bits per heavy atom. The number of hydrogen-bond donors (Lipinski definition) is 1. The van der Waals surface area contributed by atoms with Crippen molar-refractivity contribution in [3.63, 3.8) is 0 Å². The van der Waals surface area contributed by atoms with Crippen LogP contribution in [0.15, 0.2) is 53.1 Å². The Balaban J connectivity index is 1.58. The number of carbonyl (C=O) groups excluding carboxylic acids is 1. The van der Waals surface area contributed by atoms with E-state index in [-0.39, 0.29) is 5.91 Å². The van der Waals surface area contributed by atoms with Gasteiger partial charge in [-0.15, -0.1) is 0 Å². The summed E-state index contributed by atoms with van der Waals surface area (Å²) < 4.78 is 5.27. The van der Waals surface area contributed by atoms with Crippen LogP contribution >= 0.6 is 0 Å². The Morgan fingerprint density at radius 2 is 1.96 bits per heavy atom. The van der Waals surface area contributed by atoms with Crippen molar-refractivity contribution in [3.05, 3.63) is 71.1 Å². The molecule has 0 fully saturated rings. The molecule has 3 rings (SSSR count). The second-order valence-electron chi connectivity index (χ2n) is 5.70. The van der Waals surface area contributed by atoms with Crippen LogP contribution in [0.1, 0.15) is 27.4 Å². The quantitative estimate of drug-likeness (QED) is 0.782. The third-order valence-corrected chi connectivity index (χ3v) is 3.76. The van der Waals surface area contributed by atoms with Crippen LogP contribution in [-0.2, 0) is 6.42 Å². The van der Waals surface area contributed by atoms with Crippen molar-refractivity contribution in [2.24, 2.45) is 0 Å². The lowest BCUT2D eigenvalue weighted by Crippen LogP contribution is -2.25. The summed E-state index contributed by atoms with van der Waals surface area (Å²) in [4.78, 5) is 16.5. The second-order valence-corrected chi connectivity index (χ2v) is 5.70.